The molecule has 0 aliphatic carbocycles. The standard InChI is InChI=1S/C18H14N2O3S/c1-23-18-14-15(17(21)22)19-20(11-7-3-2-4-8-11)16(14)12-9-5-6-10-13(12)24-18/h2-10,18H,1H3,(H,21,22). The van der Waals surface area contributed by atoms with Gasteiger partial charge in [0.25, 0.3) is 0 Å². The first-order chi connectivity index (χ1) is 11.7. The van der Waals surface area contributed by atoms with Crippen molar-refractivity contribution in [3.8, 4) is 16.9 Å². The number of hydrogen-bond acceptors (Lipinski definition) is 4. The largest absolute Gasteiger partial charge is 0.476 e. The fraction of sp³-hybridized carbons (Fsp3) is 0.111. The van der Waals surface area contributed by atoms with Crippen LogP contribution < -0.4 is 0 Å². The number of aromatic carboxylic acids is 1. The summed E-state index contributed by atoms with van der Waals surface area (Å²) in [5.41, 5.74) is 2.80. The van der Waals surface area contributed by atoms with Gasteiger partial charge in [-0.1, -0.05) is 48.2 Å². The number of nitrogens with zero attached hydrogens (tertiary/aromatic N) is 2. The third kappa shape index (κ3) is 2.23. The van der Waals surface area contributed by atoms with E-state index in [4.69, 9.17) is 4.74 Å². The monoisotopic (exact) mass is 338 g/mol. The Morgan fingerprint density at radius 3 is 2.58 bits per heavy atom. The second-order valence-corrected chi connectivity index (χ2v) is 6.45. The topological polar surface area (TPSA) is 64.3 Å². The highest BCUT2D eigenvalue weighted by Crippen LogP contribution is 2.50. The van der Waals surface area contributed by atoms with E-state index < -0.39 is 11.4 Å². The van der Waals surface area contributed by atoms with Gasteiger partial charge in [0, 0.05) is 17.6 Å². The van der Waals surface area contributed by atoms with E-state index in [-0.39, 0.29) is 5.69 Å². The van der Waals surface area contributed by atoms with Gasteiger partial charge in [-0.2, -0.15) is 5.10 Å². The molecule has 0 amide bonds. The predicted octanol–water partition coefficient (Wildman–Crippen LogP) is 3.99. The second kappa shape index (κ2) is 5.81. The Kier molecular flexibility index (Phi) is 3.63. The van der Waals surface area contributed by atoms with Gasteiger partial charge in [-0.3, -0.25) is 0 Å². The Hall–Kier alpha value is -2.57. The molecule has 4 rings (SSSR count). The summed E-state index contributed by atoms with van der Waals surface area (Å²) >= 11 is 1.50. The van der Waals surface area contributed by atoms with Crippen LogP contribution in [0.3, 0.4) is 0 Å². The number of carboxylic acids is 1. The Balaban J connectivity index is 2.07. The molecule has 5 nitrogen and oxygen atoms in total. The number of ether oxygens (including phenoxy) is 1. The van der Waals surface area contributed by atoms with Gasteiger partial charge in [0.2, 0.25) is 0 Å². The molecule has 1 aliphatic rings. The molecule has 0 radical (unpaired) electrons. The zero-order valence-corrected chi connectivity index (χ0v) is 13.7. The fourth-order valence-corrected chi connectivity index (χ4v) is 4.05. The number of carboxylic acid groups (broad SMARTS) is 1. The molecule has 6 heteroatoms. The van der Waals surface area contributed by atoms with Gasteiger partial charge in [0.15, 0.2) is 5.69 Å². The third-order valence-corrected chi connectivity index (χ3v) is 5.20. The highest BCUT2D eigenvalue weighted by Gasteiger charge is 2.35. The van der Waals surface area contributed by atoms with E-state index in [0.29, 0.717) is 5.56 Å². The second-order valence-electron chi connectivity index (χ2n) is 5.35. The van der Waals surface area contributed by atoms with Crippen molar-refractivity contribution in [3.63, 3.8) is 0 Å². The molecule has 1 N–H and O–H groups in total. The van der Waals surface area contributed by atoms with Crippen molar-refractivity contribution in [2.24, 2.45) is 0 Å². The zero-order valence-electron chi connectivity index (χ0n) is 12.8. The maximum Gasteiger partial charge on any atom is 0.356 e. The molecule has 0 fully saturated rings. The van der Waals surface area contributed by atoms with Crippen molar-refractivity contribution >= 4 is 17.7 Å². The van der Waals surface area contributed by atoms with E-state index in [1.807, 2.05) is 54.6 Å². The molecule has 3 aromatic rings. The number of aromatic nitrogens is 2. The first kappa shape index (κ1) is 15.0. The summed E-state index contributed by atoms with van der Waals surface area (Å²) in [5.74, 6) is -1.05. The minimum absolute atomic E-state index is 0.0303. The Morgan fingerprint density at radius 2 is 1.88 bits per heavy atom. The van der Waals surface area contributed by atoms with E-state index in [0.717, 1.165) is 21.8 Å². The molecule has 24 heavy (non-hydrogen) atoms. The smallest absolute Gasteiger partial charge is 0.356 e. The Labute approximate surface area is 142 Å². The molecule has 0 saturated carbocycles. The minimum atomic E-state index is -1.05. The first-order valence-electron chi connectivity index (χ1n) is 7.41. The molecule has 0 saturated heterocycles. The normalized spacial score (nSPS) is 15.6. The molecule has 1 atom stereocenters. The summed E-state index contributed by atoms with van der Waals surface area (Å²) in [6.07, 6.45) is 0. The number of hydrogen-bond donors (Lipinski definition) is 1. The number of para-hydroxylation sites is 1. The van der Waals surface area contributed by atoms with Gasteiger partial charge in [-0.05, 0) is 18.2 Å². The highest BCUT2D eigenvalue weighted by atomic mass is 32.2. The van der Waals surface area contributed by atoms with Crippen LogP contribution >= 0.6 is 11.8 Å². The summed E-state index contributed by atoms with van der Waals surface area (Å²) < 4.78 is 7.26. The Morgan fingerprint density at radius 1 is 1.17 bits per heavy atom. The van der Waals surface area contributed by atoms with Crippen LogP contribution in [0.25, 0.3) is 16.9 Å². The van der Waals surface area contributed by atoms with Gasteiger partial charge in [-0.15, -0.1) is 0 Å². The molecule has 120 valence electrons. The molecular weight excluding hydrogens is 324 g/mol. The number of fused-ring (bicyclic) bond motifs is 3. The zero-order chi connectivity index (χ0) is 16.7. The third-order valence-electron chi connectivity index (χ3n) is 3.95. The maximum absolute atomic E-state index is 11.8. The van der Waals surface area contributed by atoms with Crippen molar-refractivity contribution in [2.45, 2.75) is 10.3 Å². The van der Waals surface area contributed by atoms with Crippen LogP contribution in [-0.2, 0) is 4.74 Å². The van der Waals surface area contributed by atoms with Crippen molar-refractivity contribution in [1.29, 1.82) is 0 Å². The fourth-order valence-electron chi connectivity index (χ4n) is 2.93. The Bertz CT molecular complexity index is 921. The van der Waals surface area contributed by atoms with Crippen LogP contribution in [0.5, 0.6) is 0 Å². The van der Waals surface area contributed by atoms with Crippen LogP contribution in [0.2, 0.25) is 0 Å². The lowest BCUT2D eigenvalue weighted by Crippen LogP contribution is -2.09. The summed E-state index contributed by atoms with van der Waals surface area (Å²) in [4.78, 5) is 12.8. The van der Waals surface area contributed by atoms with Crippen LogP contribution in [-0.4, -0.2) is 28.0 Å². The molecule has 0 spiro atoms. The van der Waals surface area contributed by atoms with Gasteiger partial charge in [0.05, 0.1) is 16.9 Å². The summed E-state index contributed by atoms with van der Waals surface area (Å²) in [6.45, 7) is 0. The van der Waals surface area contributed by atoms with E-state index in [1.54, 1.807) is 11.8 Å². The summed E-state index contributed by atoms with van der Waals surface area (Å²) in [5, 5.41) is 14.0. The van der Waals surface area contributed by atoms with Crippen LogP contribution in [0.15, 0.2) is 59.5 Å². The summed E-state index contributed by atoms with van der Waals surface area (Å²) in [7, 11) is 1.58. The van der Waals surface area contributed by atoms with E-state index in [2.05, 4.69) is 5.10 Å². The van der Waals surface area contributed by atoms with Crippen molar-refractivity contribution in [1.82, 2.24) is 9.78 Å². The molecule has 0 bridgehead atoms. The highest BCUT2D eigenvalue weighted by molar-refractivity contribution is 7.99. The molecule has 1 unspecified atom stereocenters. The van der Waals surface area contributed by atoms with Gasteiger partial charge in [0.1, 0.15) is 5.44 Å². The number of carbonyl (C=O) groups is 1. The molecule has 1 aliphatic heterocycles. The van der Waals surface area contributed by atoms with Crippen molar-refractivity contribution in [2.75, 3.05) is 7.11 Å². The SMILES string of the molecule is COC1Sc2ccccc2-c2c1c(C(=O)O)nn2-c1ccccc1. The van der Waals surface area contributed by atoms with Gasteiger partial charge < -0.3 is 9.84 Å². The lowest BCUT2D eigenvalue weighted by molar-refractivity contribution is 0.0684. The molecular formula is C18H14N2O3S. The first-order valence-corrected chi connectivity index (χ1v) is 8.29. The number of thioether (sulfide) groups is 1. The lowest BCUT2D eigenvalue weighted by Gasteiger charge is -2.24. The van der Waals surface area contributed by atoms with Crippen molar-refractivity contribution in [3.05, 3.63) is 65.9 Å². The molecule has 1 aromatic heterocycles. The van der Waals surface area contributed by atoms with Crippen molar-refractivity contribution < 1.29 is 14.6 Å². The predicted molar refractivity (Wildman–Crippen MR) is 91.6 cm³/mol. The molecule has 2 heterocycles. The lowest BCUT2D eigenvalue weighted by atomic mass is 10.0. The average molecular weight is 338 g/mol. The van der Waals surface area contributed by atoms with Crippen LogP contribution in [0.1, 0.15) is 21.5 Å². The van der Waals surface area contributed by atoms with E-state index in [9.17, 15) is 9.90 Å². The van der Waals surface area contributed by atoms with Crippen LogP contribution in [0, 0.1) is 0 Å². The maximum atomic E-state index is 11.8. The van der Waals surface area contributed by atoms with Gasteiger partial charge >= 0.3 is 5.97 Å². The average Bonchev–Trinajstić information content (AvgIpc) is 3.03. The minimum Gasteiger partial charge on any atom is -0.476 e. The van der Waals surface area contributed by atoms with Gasteiger partial charge in [-0.25, -0.2) is 9.48 Å². The van der Waals surface area contributed by atoms with Crippen LogP contribution in [0.4, 0.5) is 0 Å². The summed E-state index contributed by atoms with van der Waals surface area (Å²) in [6, 6.07) is 17.4. The number of benzene rings is 2. The van der Waals surface area contributed by atoms with E-state index in [1.165, 1.54) is 11.8 Å². The number of methoxy groups -OCH3 is 1. The quantitative estimate of drug-likeness (QED) is 0.782. The number of rotatable bonds is 3. The molecule has 2 aromatic carbocycles. The van der Waals surface area contributed by atoms with E-state index >= 15 is 0 Å².